The number of aliphatic hydroxyl groups is 1. The predicted octanol–water partition coefficient (Wildman–Crippen LogP) is 8.60. The number of amides is 4. The predicted molar refractivity (Wildman–Crippen MR) is 278 cm³/mol. The fourth-order valence-electron chi connectivity index (χ4n) is 9.93. The first-order valence-corrected chi connectivity index (χ1v) is 26.0. The highest BCUT2D eigenvalue weighted by atomic mass is 35.5. The molecule has 1 aliphatic heterocycles. The molecule has 4 amide bonds. The Morgan fingerprint density at radius 2 is 1.56 bits per heavy atom. The zero-order valence-electron chi connectivity index (χ0n) is 43.0. The topological polar surface area (TPSA) is 201 Å². The normalized spacial score (nSPS) is 19.8. The second-order valence-electron chi connectivity index (χ2n) is 21.1. The number of ether oxygens (including phenoxy) is 4. The van der Waals surface area contributed by atoms with Crippen LogP contribution in [0.25, 0.3) is 10.4 Å². The summed E-state index contributed by atoms with van der Waals surface area (Å²) in [6, 6.07) is 19.8. The maximum absolute atomic E-state index is 14.0. The number of unbranched alkanes of at least 4 members (excludes halogenated alkanes) is 2. The van der Waals surface area contributed by atoms with Crippen LogP contribution in [0.15, 0.2) is 72.2 Å². The second kappa shape index (κ2) is 24.4. The molecule has 6 rings (SSSR count). The van der Waals surface area contributed by atoms with E-state index in [0.717, 1.165) is 41.0 Å². The number of nitrogens with one attached hydrogen (secondary N) is 3. The number of hydrogen-bond acceptors (Lipinski definition) is 12. The van der Waals surface area contributed by atoms with E-state index in [-0.39, 0.29) is 60.4 Å². The molecule has 2 fully saturated rings. The van der Waals surface area contributed by atoms with Crippen molar-refractivity contribution in [3.8, 4) is 28.0 Å². The molecule has 1 aromatic heterocycles. The first-order chi connectivity index (χ1) is 34.1. The second-order valence-corrected chi connectivity index (χ2v) is 22.4. The van der Waals surface area contributed by atoms with Crippen molar-refractivity contribution >= 4 is 46.6 Å². The van der Waals surface area contributed by atoms with Crippen molar-refractivity contribution in [3.05, 3.63) is 99.6 Å². The number of aliphatic hydroxyl groups excluding tert-OH is 1. The smallest absolute Gasteiger partial charge is 0.251 e. The van der Waals surface area contributed by atoms with Gasteiger partial charge in [-0.15, -0.1) is 11.3 Å². The molecule has 3 aromatic carbocycles. The highest BCUT2D eigenvalue weighted by Crippen LogP contribution is 2.55. The Balaban J connectivity index is 0.825. The maximum atomic E-state index is 14.0. The third-order valence-electron chi connectivity index (χ3n) is 13.6. The number of carbonyl (C=O) groups excluding carboxylic acids is 4. The number of nitriles is 1. The summed E-state index contributed by atoms with van der Waals surface area (Å²) in [6.07, 6.45) is 2.20. The highest BCUT2D eigenvalue weighted by molar-refractivity contribution is 7.13. The molecule has 388 valence electrons. The van der Waals surface area contributed by atoms with E-state index in [0.29, 0.717) is 60.5 Å². The molecule has 4 N–H and O–H groups in total. The van der Waals surface area contributed by atoms with Gasteiger partial charge < -0.3 is 44.9 Å². The Bertz CT molecular complexity index is 2520. The molecule has 17 heteroatoms. The van der Waals surface area contributed by atoms with E-state index in [2.05, 4.69) is 54.7 Å². The molecule has 0 radical (unpaired) electrons. The number of halogens is 1. The van der Waals surface area contributed by atoms with Gasteiger partial charge in [-0.05, 0) is 92.5 Å². The fraction of sp³-hybridized carbons (Fsp3) is 0.527. The molecule has 1 saturated heterocycles. The standard InChI is InChI=1S/C55H71ClN6O9S/c1-34(36-14-16-37(17-15-36)46-35(2)58-33-72-46)59-49(66)44-28-40(63)31-62(44)50(67)47(53(3,4)5)60-45(64)32-69-26-13-25-68-24-11-10-12-27-70-41-21-18-38(19-22-41)48(65)61-51-54(6,7)52(55(51,8)9)71-42-23-20-39(30-57)43(56)29-42/h14-23,29,33-34,40,44,47,51-52,63H,10-13,24-28,31-32H2,1-9H3,(H,59,66)(H,60,64)(H,61,65)/t34-,40+,44-,47?,51?,52?/m0/s1. The number of likely N-dealkylation sites (tertiary alicyclic amines) is 1. The van der Waals surface area contributed by atoms with Gasteiger partial charge >= 0.3 is 0 Å². The van der Waals surface area contributed by atoms with Crippen LogP contribution in [0.1, 0.15) is 121 Å². The lowest BCUT2D eigenvalue weighted by molar-refractivity contribution is -0.164. The van der Waals surface area contributed by atoms with Crippen molar-refractivity contribution in [2.45, 2.75) is 131 Å². The molecule has 1 unspecified atom stereocenters. The Kier molecular flexibility index (Phi) is 18.9. The number of thiazole rings is 1. The van der Waals surface area contributed by atoms with E-state index in [1.165, 1.54) is 4.90 Å². The molecule has 1 saturated carbocycles. The zero-order chi connectivity index (χ0) is 52.4. The summed E-state index contributed by atoms with van der Waals surface area (Å²) in [5.41, 5.74) is 4.20. The van der Waals surface area contributed by atoms with Crippen LogP contribution in [-0.2, 0) is 23.9 Å². The maximum Gasteiger partial charge on any atom is 0.251 e. The van der Waals surface area contributed by atoms with E-state index in [1.54, 1.807) is 53.8 Å². The molecular weight excluding hydrogens is 956 g/mol. The van der Waals surface area contributed by atoms with Gasteiger partial charge in [0.2, 0.25) is 17.7 Å². The van der Waals surface area contributed by atoms with Gasteiger partial charge in [-0.1, -0.05) is 84.3 Å². The van der Waals surface area contributed by atoms with E-state index in [9.17, 15) is 29.5 Å². The van der Waals surface area contributed by atoms with Crippen LogP contribution in [0.5, 0.6) is 11.5 Å². The Morgan fingerprint density at radius 3 is 2.19 bits per heavy atom. The monoisotopic (exact) mass is 1030 g/mol. The van der Waals surface area contributed by atoms with Crippen molar-refractivity contribution in [1.29, 1.82) is 5.26 Å². The van der Waals surface area contributed by atoms with Crippen molar-refractivity contribution < 1.29 is 43.2 Å². The van der Waals surface area contributed by atoms with Gasteiger partial charge in [-0.25, -0.2) is 4.98 Å². The first-order valence-electron chi connectivity index (χ1n) is 24.8. The number of aryl methyl sites for hydroxylation is 1. The lowest BCUT2D eigenvalue weighted by Crippen LogP contribution is -2.74. The van der Waals surface area contributed by atoms with Gasteiger partial charge in [0.25, 0.3) is 5.91 Å². The van der Waals surface area contributed by atoms with Crippen LogP contribution in [0, 0.1) is 34.5 Å². The van der Waals surface area contributed by atoms with Gasteiger partial charge in [0.15, 0.2) is 0 Å². The van der Waals surface area contributed by atoms with Crippen LogP contribution in [0.3, 0.4) is 0 Å². The minimum Gasteiger partial charge on any atom is -0.494 e. The van der Waals surface area contributed by atoms with Crippen LogP contribution in [-0.4, -0.2) is 109 Å². The first kappa shape index (κ1) is 55.7. The molecule has 72 heavy (non-hydrogen) atoms. The molecule has 15 nitrogen and oxygen atoms in total. The van der Waals surface area contributed by atoms with Crippen LogP contribution in [0.2, 0.25) is 5.02 Å². The lowest BCUT2D eigenvalue weighted by atomic mass is 9.49. The molecule has 2 aliphatic rings. The van der Waals surface area contributed by atoms with Crippen molar-refractivity contribution in [1.82, 2.24) is 25.8 Å². The fourth-order valence-corrected chi connectivity index (χ4v) is 11.0. The van der Waals surface area contributed by atoms with Crippen molar-refractivity contribution in [2.24, 2.45) is 16.2 Å². The number of carbonyl (C=O) groups is 4. The van der Waals surface area contributed by atoms with Crippen molar-refractivity contribution in [2.75, 3.05) is 39.6 Å². The average Bonchev–Trinajstić information content (AvgIpc) is 3.96. The minimum absolute atomic E-state index is 0.0160. The van der Waals surface area contributed by atoms with E-state index < -0.39 is 35.4 Å². The third-order valence-corrected chi connectivity index (χ3v) is 14.9. The summed E-state index contributed by atoms with van der Waals surface area (Å²) in [6.45, 7) is 19.3. The molecule has 0 spiro atoms. The number of rotatable bonds is 23. The summed E-state index contributed by atoms with van der Waals surface area (Å²) in [5.74, 6) is -0.168. The van der Waals surface area contributed by atoms with Crippen LogP contribution in [0.4, 0.5) is 0 Å². The number of β-amino-alcohol motifs (C(OH)–C–C–N with tert-alkyl or cyclic N) is 1. The van der Waals surface area contributed by atoms with Crippen LogP contribution >= 0.6 is 22.9 Å². The molecule has 0 bridgehead atoms. The summed E-state index contributed by atoms with van der Waals surface area (Å²) in [5, 5.41) is 29.2. The van der Waals surface area contributed by atoms with Crippen LogP contribution < -0.4 is 25.4 Å². The molecular formula is C55H71ClN6O9S. The number of aromatic nitrogens is 1. The van der Waals surface area contributed by atoms with Gasteiger partial charge in [-0.3, -0.25) is 19.2 Å². The van der Waals surface area contributed by atoms with E-state index in [4.69, 9.17) is 30.5 Å². The third kappa shape index (κ3) is 13.9. The number of hydrogen-bond donors (Lipinski definition) is 4. The Morgan fingerprint density at radius 1 is 0.903 bits per heavy atom. The molecule has 1 aliphatic carbocycles. The molecule has 4 aromatic rings. The van der Waals surface area contributed by atoms with E-state index >= 15 is 0 Å². The Labute approximate surface area is 433 Å². The quantitative estimate of drug-likeness (QED) is 0.0519. The molecule has 2 heterocycles. The number of benzene rings is 3. The summed E-state index contributed by atoms with van der Waals surface area (Å²) < 4.78 is 23.7. The van der Waals surface area contributed by atoms with Gasteiger partial charge in [-0.2, -0.15) is 5.26 Å². The summed E-state index contributed by atoms with van der Waals surface area (Å²) in [7, 11) is 0. The minimum atomic E-state index is -0.957. The molecule has 4 atom stereocenters. The average molecular weight is 1030 g/mol. The van der Waals surface area contributed by atoms with Crippen molar-refractivity contribution in [3.63, 3.8) is 0 Å². The van der Waals surface area contributed by atoms with E-state index in [1.807, 2.05) is 64.4 Å². The summed E-state index contributed by atoms with van der Waals surface area (Å²) in [4.78, 5) is 60.9. The zero-order valence-corrected chi connectivity index (χ0v) is 44.6. The van der Waals surface area contributed by atoms with Gasteiger partial charge in [0.1, 0.15) is 42.4 Å². The summed E-state index contributed by atoms with van der Waals surface area (Å²) >= 11 is 7.81. The van der Waals surface area contributed by atoms with Gasteiger partial charge in [0.05, 0.1) is 45.4 Å². The van der Waals surface area contributed by atoms with Gasteiger partial charge in [0, 0.05) is 61.3 Å². The SMILES string of the molecule is Cc1ncsc1-c1ccc([C@H](C)NC(=O)[C@@H]2C[C@@H](O)CN2C(=O)C(NC(=O)COCCCOCCCCCOc2ccc(C(=O)NC3C(C)(C)C(Oc4ccc(C#N)c(Cl)c4)C3(C)C)cc2)C(C)(C)C)cc1. The highest BCUT2D eigenvalue weighted by Gasteiger charge is 2.64. The number of nitrogens with zero attached hydrogens (tertiary/aromatic N) is 3. The Hall–Kier alpha value is -5.57. The lowest BCUT2D eigenvalue weighted by Gasteiger charge is -2.63. The largest absolute Gasteiger partial charge is 0.494 e.